The molecule has 0 atom stereocenters. The van der Waals surface area contributed by atoms with Gasteiger partial charge in [-0.05, 0) is 13.0 Å². The third-order valence-corrected chi connectivity index (χ3v) is 0.902. The zero-order valence-corrected chi connectivity index (χ0v) is 5.98. The van der Waals surface area contributed by atoms with Gasteiger partial charge in [-0.2, -0.15) is 0 Å². The second kappa shape index (κ2) is 4.07. The van der Waals surface area contributed by atoms with Crippen LogP contribution in [0.2, 0.25) is 0 Å². The molecule has 0 rings (SSSR count). The van der Waals surface area contributed by atoms with Crippen molar-refractivity contribution in [2.24, 2.45) is 0 Å². The van der Waals surface area contributed by atoms with Gasteiger partial charge >= 0.3 is 0 Å². The van der Waals surface area contributed by atoms with E-state index < -0.39 is 0 Å². The molecule has 0 N–H and O–H groups in total. The molecule has 0 bridgehead atoms. The van der Waals surface area contributed by atoms with Gasteiger partial charge in [-0.25, -0.2) is 0 Å². The van der Waals surface area contributed by atoms with Crippen molar-refractivity contribution in [1.82, 2.24) is 0 Å². The molecular formula is C8H12O. The van der Waals surface area contributed by atoms with Gasteiger partial charge in [0.25, 0.3) is 0 Å². The maximum atomic E-state index is 10.6. The SMILES string of the molecule is C=C(C)/C=C\C(=O)CC. The van der Waals surface area contributed by atoms with Crippen molar-refractivity contribution in [3.8, 4) is 0 Å². The van der Waals surface area contributed by atoms with E-state index in [4.69, 9.17) is 0 Å². The first-order chi connectivity index (χ1) is 4.16. The van der Waals surface area contributed by atoms with Crippen molar-refractivity contribution in [3.05, 3.63) is 24.3 Å². The monoisotopic (exact) mass is 124 g/mol. The molecule has 9 heavy (non-hydrogen) atoms. The molecule has 0 saturated heterocycles. The van der Waals surface area contributed by atoms with Gasteiger partial charge in [-0.1, -0.05) is 25.2 Å². The smallest absolute Gasteiger partial charge is 0.155 e. The highest BCUT2D eigenvalue weighted by Crippen LogP contribution is 1.90. The fourth-order valence-corrected chi connectivity index (χ4v) is 0.353. The fraction of sp³-hybridized carbons (Fsp3) is 0.375. The molecule has 0 fully saturated rings. The van der Waals surface area contributed by atoms with Crippen molar-refractivity contribution in [2.45, 2.75) is 20.3 Å². The highest BCUT2D eigenvalue weighted by atomic mass is 16.1. The standard InChI is InChI=1S/C8H12O/c1-4-8(9)6-5-7(2)3/h5-6H,2,4H2,1,3H3/b6-5-. The molecular weight excluding hydrogens is 112 g/mol. The molecule has 0 aromatic rings. The summed E-state index contributed by atoms with van der Waals surface area (Å²) in [4.78, 5) is 10.6. The van der Waals surface area contributed by atoms with Gasteiger partial charge in [-0.3, -0.25) is 4.79 Å². The van der Waals surface area contributed by atoms with Gasteiger partial charge in [0.15, 0.2) is 5.78 Å². The first kappa shape index (κ1) is 8.15. The Bertz CT molecular complexity index is 143. The predicted octanol–water partition coefficient (Wildman–Crippen LogP) is 2.10. The van der Waals surface area contributed by atoms with E-state index in [9.17, 15) is 4.79 Å². The highest BCUT2D eigenvalue weighted by molar-refractivity contribution is 5.89. The molecule has 0 radical (unpaired) electrons. The summed E-state index contributed by atoms with van der Waals surface area (Å²) in [5, 5.41) is 0. The average Bonchev–Trinajstić information content (AvgIpc) is 1.83. The van der Waals surface area contributed by atoms with Gasteiger partial charge in [0.1, 0.15) is 0 Å². The summed E-state index contributed by atoms with van der Waals surface area (Å²) in [6.45, 7) is 7.32. The number of rotatable bonds is 3. The van der Waals surface area contributed by atoms with Crippen molar-refractivity contribution in [3.63, 3.8) is 0 Å². The minimum absolute atomic E-state index is 0.151. The van der Waals surface area contributed by atoms with E-state index in [-0.39, 0.29) is 5.78 Å². The maximum absolute atomic E-state index is 10.6. The summed E-state index contributed by atoms with van der Waals surface area (Å²) in [7, 11) is 0. The highest BCUT2D eigenvalue weighted by Gasteiger charge is 1.86. The van der Waals surface area contributed by atoms with E-state index in [0.29, 0.717) is 6.42 Å². The van der Waals surface area contributed by atoms with E-state index in [1.165, 1.54) is 0 Å². The topological polar surface area (TPSA) is 17.1 Å². The van der Waals surface area contributed by atoms with Gasteiger partial charge < -0.3 is 0 Å². The summed E-state index contributed by atoms with van der Waals surface area (Å²) in [6, 6.07) is 0. The third-order valence-electron chi connectivity index (χ3n) is 0.902. The lowest BCUT2D eigenvalue weighted by atomic mass is 10.2. The molecule has 50 valence electrons. The zero-order chi connectivity index (χ0) is 7.28. The molecule has 0 aromatic heterocycles. The lowest BCUT2D eigenvalue weighted by Gasteiger charge is -1.84. The second-order valence-electron chi connectivity index (χ2n) is 2.00. The largest absolute Gasteiger partial charge is 0.295 e. The summed E-state index contributed by atoms with van der Waals surface area (Å²) in [5.41, 5.74) is 0.914. The van der Waals surface area contributed by atoms with Crippen molar-refractivity contribution in [1.29, 1.82) is 0 Å². The number of carbonyl (C=O) groups excluding carboxylic acids is 1. The van der Waals surface area contributed by atoms with Crippen LogP contribution in [0.25, 0.3) is 0 Å². The molecule has 0 aliphatic carbocycles. The van der Waals surface area contributed by atoms with Crippen LogP contribution in [0.3, 0.4) is 0 Å². The second-order valence-corrected chi connectivity index (χ2v) is 2.00. The van der Waals surface area contributed by atoms with E-state index in [0.717, 1.165) is 5.57 Å². The molecule has 1 nitrogen and oxygen atoms in total. The first-order valence-electron chi connectivity index (χ1n) is 3.03. The first-order valence-corrected chi connectivity index (χ1v) is 3.03. The Hall–Kier alpha value is -0.850. The Kier molecular flexibility index (Phi) is 3.69. The molecule has 0 aromatic carbocycles. The van der Waals surface area contributed by atoms with Crippen LogP contribution in [0.1, 0.15) is 20.3 Å². The molecule has 0 unspecified atom stereocenters. The summed E-state index contributed by atoms with van der Waals surface area (Å²) in [5.74, 6) is 0.151. The Morgan fingerprint density at radius 1 is 1.56 bits per heavy atom. The quantitative estimate of drug-likeness (QED) is 0.416. The van der Waals surface area contributed by atoms with Gasteiger partial charge in [0.05, 0.1) is 0 Å². The van der Waals surface area contributed by atoms with Crippen molar-refractivity contribution < 1.29 is 4.79 Å². The van der Waals surface area contributed by atoms with Gasteiger partial charge in [0.2, 0.25) is 0 Å². The van der Waals surface area contributed by atoms with E-state index >= 15 is 0 Å². The number of hydrogen-bond acceptors (Lipinski definition) is 1. The van der Waals surface area contributed by atoms with E-state index in [2.05, 4.69) is 6.58 Å². The van der Waals surface area contributed by atoms with Crippen LogP contribution in [0.5, 0.6) is 0 Å². The van der Waals surface area contributed by atoms with Gasteiger partial charge in [-0.15, -0.1) is 0 Å². The number of allylic oxidation sites excluding steroid dienone is 3. The average molecular weight is 124 g/mol. The molecule has 0 saturated carbocycles. The molecule has 0 amide bonds. The van der Waals surface area contributed by atoms with Crippen LogP contribution in [0.4, 0.5) is 0 Å². The molecule has 0 aliphatic heterocycles. The summed E-state index contributed by atoms with van der Waals surface area (Å²) in [6.07, 6.45) is 3.86. The van der Waals surface area contributed by atoms with Gasteiger partial charge in [0, 0.05) is 6.42 Å². The molecule has 0 aliphatic rings. The van der Waals surface area contributed by atoms with Crippen LogP contribution in [0, 0.1) is 0 Å². The van der Waals surface area contributed by atoms with E-state index in [1.807, 2.05) is 13.8 Å². The zero-order valence-electron chi connectivity index (χ0n) is 5.98. The number of carbonyl (C=O) groups is 1. The fourth-order valence-electron chi connectivity index (χ4n) is 0.353. The minimum Gasteiger partial charge on any atom is -0.295 e. The van der Waals surface area contributed by atoms with Crippen LogP contribution >= 0.6 is 0 Å². The predicted molar refractivity (Wildman–Crippen MR) is 39.3 cm³/mol. The van der Waals surface area contributed by atoms with Crippen LogP contribution in [-0.2, 0) is 4.79 Å². The normalized spacial score (nSPS) is 10.0. The lowest BCUT2D eigenvalue weighted by Crippen LogP contribution is -1.86. The Morgan fingerprint density at radius 3 is 2.44 bits per heavy atom. The van der Waals surface area contributed by atoms with Crippen LogP contribution < -0.4 is 0 Å². The number of hydrogen-bond donors (Lipinski definition) is 0. The number of ketones is 1. The Morgan fingerprint density at radius 2 is 2.11 bits per heavy atom. The van der Waals surface area contributed by atoms with E-state index in [1.54, 1.807) is 12.2 Å². The maximum Gasteiger partial charge on any atom is 0.155 e. The molecule has 0 heterocycles. The van der Waals surface area contributed by atoms with Crippen LogP contribution in [0.15, 0.2) is 24.3 Å². The minimum atomic E-state index is 0.151. The summed E-state index contributed by atoms with van der Waals surface area (Å²) >= 11 is 0. The lowest BCUT2D eigenvalue weighted by molar-refractivity contribution is -0.114. The van der Waals surface area contributed by atoms with Crippen molar-refractivity contribution >= 4 is 5.78 Å². The van der Waals surface area contributed by atoms with Crippen LogP contribution in [-0.4, -0.2) is 5.78 Å². The van der Waals surface area contributed by atoms with Crippen molar-refractivity contribution in [2.75, 3.05) is 0 Å². The molecule has 0 spiro atoms. The Balaban J connectivity index is 3.71. The third kappa shape index (κ3) is 5.01. The Labute approximate surface area is 56.1 Å². The summed E-state index contributed by atoms with van der Waals surface area (Å²) < 4.78 is 0. The molecule has 1 heteroatoms.